The summed E-state index contributed by atoms with van der Waals surface area (Å²) >= 11 is 0. The van der Waals surface area contributed by atoms with E-state index in [9.17, 15) is 28.8 Å². The lowest BCUT2D eigenvalue weighted by Crippen LogP contribution is -2.50. The van der Waals surface area contributed by atoms with E-state index in [0.717, 1.165) is 0 Å². The van der Waals surface area contributed by atoms with E-state index in [1.165, 1.54) is 23.8 Å². The molecule has 12 heteroatoms. The normalized spacial score (nSPS) is 12.5. The fourth-order valence-corrected chi connectivity index (χ4v) is 3.32. The Kier molecular flexibility index (Phi) is 17.9. The molecule has 4 N–H and O–H groups in total. The highest BCUT2D eigenvalue weighted by Gasteiger charge is 2.21. The van der Waals surface area contributed by atoms with Crippen molar-refractivity contribution in [3.05, 3.63) is 71.8 Å². The van der Waals surface area contributed by atoms with Gasteiger partial charge in [-0.05, 0) is 26.0 Å². The first kappa shape index (κ1) is 36.4. The van der Waals surface area contributed by atoms with Gasteiger partial charge in [-0.1, -0.05) is 74.4 Å². The first-order valence-electron chi connectivity index (χ1n) is 14.2. The van der Waals surface area contributed by atoms with E-state index < -0.39 is 42.0 Å². The van der Waals surface area contributed by atoms with Gasteiger partial charge >= 0.3 is 0 Å². The van der Waals surface area contributed by atoms with E-state index >= 15 is 0 Å². The molecule has 1 saturated heterocycles. The molecule has 3 rings (SSSR count). The fourth-order valence-electron chi connectivity index (χ4n) is 3.32. The molecule has 1 heterocycles. The zero-order chi connectivity index (χ0) is 32.0. The molecule has 2 aromatic carbocycles. The molecule has 5 amide bonds. The summed E-state index contributed by atoms with van der Waals surface area (Å²) in [7, 11) is 0. The summed E-state index contributed by atoms with van der Waals surface area (Å²) < 4.78 is 5.13. The molecule has 2 aromatic rings. The first-order chi connectivity index (χ1) is 20.6. The number of nitrogens with one attached hydrogen (secondary N) is 4. The first-order valence-corrected chi connectivity index (χ1v) is 14.2. The van der Waals surface area contributed by atoms with Gasteiger partial charge in [0.15, 0.2) is 0 Å². The Balaban J connectivity index is 0.000000784. The second-order valence-electron chi connectivity index (χ2n) is 9.52. The van der Waals surface area contributed by atoms with Crippen molar-refractivity contribution in [1.29, 1.82) is 0 Å². The number of carbonyl (C=O) groups excluding carboxylic acids is 6. The molecule has 0 aliphatic carbocycles. The van der Waals surface area contributed by atoms with E-state index in [4.69, 9.17) is 4.74 Å². The maximum atomic E-state index is 12.1. The van der Waals surface area contributed by atoms with Crippen molar-refractivity contribution in [2.24, 2.45) is 0 Å². The number of ether oxygens (including phenoxy) is 1. The van der Waals surface area contributed by atoms with Crippen LogP contribution in [-0.4, -0.2) is 92.2 Å². The number of hydrogen-bond donors (Lipinski definition) is 4. The van der Waals surface area contributed by atoms with E-state index in [1.807, 2.05) is 18.2 Å². The third-order valence-corrected chi connectivity index (χ3v) is 5.60. The van der Waals surface area contributed by atoms with Crippen LogP contribution in [0.4, 0.5) is 0 Å². The van der Waals surface area contributed by atoms with Crippen LogP contribution in [0.25, 0.3) is 0 Å². The zero-order valence-electron chi connectivity index (χ0n) is 25.3. The van der Waals surface area contributed by atoms with Crippen LogP contribution in [0.5, 0.6) is 0 Å². The number of amides is 5. The maximum Gasteiger partial charge on any atom is 0.289 e. The molecule has 0 bridgehead atoms. The third kappa shape index (κ3) is 15.9. The van der Waals surface area contributed by atoms with Crippen molar-refractivity contribution in [3.8, 4) is 0 Å². The molecule has 1 aliphatic rings. The molecule has 0 aromatic heterocycles. The minimum absolute atomic E-state index is 0.334. The lowest BCUT2D eigenvalue weighted by molar-refractivity contribution is -0.140. The summed E-state index contributed by atoms with van der Waals surface area (Å²) in [4.78, 5) is 73.1. The van der Waals surface area contributed by atoms with Gasteiger partial charge in [-0.25, -0.2) is 0 Å². The molecule has 1 atom stereocenters. The molecule has 1 unspecified atom stereocenters. The number of Topliss-reactive ketones (excluding diaryl/α,β-unsaturated/α-hetero) is 1. The van der Waals surface area contributed by atoms with E-state index in [2.05, 4.69) is 54.2 Å². The summed E-state index contributed by atoms with van der Waals surface area (Å²) in [5, 5.41) is 9.28. The second-order valence-corrected chi connectivity index (χ2v) is 9.52. The number of morpholine rings is 1. The lowest BCUT2D eigenvalue weighted by Gasteiger charge is -2.26. The van der Waals surface area contributed by atoms with Crippen LogP contribution in [0.1, 0.15) is 43.1 Å². The van der Waals surface area contributed by atoms with Crippen molar-refractivity contribution in [3.63, 3.8) is 0 Å². The number of rotatable bonds is 10. The maximum absolute atomic E-state index is 12.1. The van der Waals surface area contributed by atoms with E-state index in [0.29, 0.717) is 31.9 Å². The molecular formula is C31H43N5O7. The molecule has 1 aliphatic heterocycles. The van der Waals surface area contributed by atoms with Crippen LogP contribution >= 0.6 is 0 Å². The van der Waals surface area contributed by atoms with E-state index in [1.54, 1.807) is 30.3 Å². The number of aryl methyl sites for hydroxylation is 1. The highest BCUT2D eigenvalue weighted by molar-refractivity contribution is 6.37. The predicted octanol–water partition coefficient (Wildman–Crippen LogP) is 0.993. The summed E-state index contributed by atoms with van der Waals surface area (Å²) in [6.45, 7) is 8.11. The summed E-state index contributed by atoms with van der Waals surface area (Å²) in [6, 6.07) is 17.6. The molecule has 12 nitrogen and oxygen atoms in total. The van der Waals surface area contributed by atoms with Crippen molar-refractivity contribution in [2.75, 3.05) is 45.9 Å². The number of carbonyl (C=O) groups is 6. The summed E-state index contributed by atoms with van der Waals surface area (Å²) in [5.74, 6) is -4.01. The Morgan fingerprint density at radius 3 is 1.88 bits per heavy atom. The lowest BCUT2D eigenvalue weighted by atomic mass is 10.2. The molecular weight excluding hydrogens is 554 g/mol. The monoisotopic (exact) mass is 597 g/mol. The zero-order valence-corrected chi connectivity index (χ0v) is 25.3. The number of nitrogens with zero attached hydrogens (tertiary/aromatic N) is 1. The molecule has 43 heavy (non-hydrogen) atoms. The van der Waals surface area contributed by atoms with E-state index in [-0.39, 0.29) is 19.0 Å². The average molecular weight is 598 g/mol. The fraction of sp³-hybridized carbons (Fsp3) is 0.419. The van der Waals surface area contributed by atoms with Crippen LogP contribution < -0.4 is 21.3 Å². The summed E-state index contributed by atoms with van der Waals surface area (Å²) in [5.41, 5.74) is 1.71. The minimum Gasteiger partial charge on any atom is -0.378 e. The van der Waals surface area contributed by atoms with Gasteiger partial charge < -0.3 is 30.9 Å². The van der Waals surface area contributed by atoms with Gasteiger partial charge in [0.05, 0.1) is 32.8 Å². The second kappa shape index (κ2) is 21.2. The van der Waals surface area contributed by atoms with Crippen LogP contribution in [0.2, 0.25) is 0 Å². The van der Waals surface area contributed by atoms with Crippen LogP contribution in [0.3, 0.4) is 0 Å². The SMILES string of the molecule is CC(NC(=O)CNC(=O)c1ccccc1)C(=O)NCC(=O)C(=O)NCC(=O)N1CCOCC1.CCC.Cc1ccccc1. The molecule has 1 fully saturated rings. The van der Waals surface area contributed by atoms with Gasteiger partial charge in [0.2, 0.25) is 23.5 Å². The molecule has 0 spiro atoms. The highest BCUT2D eigenvalue weighted by atomic mass is 16.5. The quantitative estimate of drug-likeness (QED) is 0.297. The van der Waals surface area contributed by atoms with Crippen LogP contribution in [-0.2, 0) is 28.7 Å². The molecule has 0 radical (unpaired) electrons. The largest absolute Gasteiger partial charge is 0.378 e. The standard InChI is InChI=1S/C21H27N5O7.C7H8.C3H8/c1-14(25-17(28)12-23-20(31)15-5-3-2-4-6-15)19(30)22-11-16(27)21(32)24-13-18(29)26-7-9-33-10-8-26;1-7-5-3-2-4-6-7;1-3-2/h2-6,14H,7-13H2,1H3,(H,22,30)(H,23,31)(H,24,32)(H,25,28);2-6H,1H3;3H2,1-2H3. The van der Waals surface area contributed by atoms with Crippen LogP contribution in [0, 0.1) is 6.92 Å². The van der Waals surface area contributed by atoms with Crippen molar-refractivity contribution in [1.82, 2.24) is 26.2 Å². The van der Waals surface area contributed by atoms with Gasteiger partial charge in [0, 0.05) is 18.7 Å². The number of ketones is 1. The van der Waals surface area contributed by atoms with Crippen molar-refractivity contribution < 1.29 is 33.5 Å². The van der Waals surface area contributed by atoms with Gasteiger partial charge in [-0.15, -0.1) is 0 Å². The average Bonchev–Trinajstić information content (AvgIpc) is 3.02. The highest BCUT2D eigenvalue weighted by Crippen LogP contribution is 1.98. The Bertz CT molecular complexity index is 1170. The van der Waals surface area contributed by atoms with Gasteiger partial charge in [-0.3, -0.25) is 28.8 Å². The Labute approximate surface area is 252 Å². The number of benzene rings is 2. The van der Waals surface area contributed by atoms with Gasteiger partial charge in [-0.2, -0.15) is 0 Å². The number of hydrogen-bond acceptors (Lipinski definition) is 7. The van der Waals surface area contributed by atoms with Crippen molar-refractivity contribution >= 4 is 35.3 Å². The Morgan fingerprint density at radius 1 is 0.791 bits per heavy atom. The summed E-state index contributed by atoms with van der Waals surface area (Å²) in [6.07, 6.45) is 1.25. The minimum atomic E-state index is -1.01. The smallest absolute Gasteiger partial charge is 0.289 e. The third-order valence-electron chi connectivity index (χ3n) is 5.60. The van der Waals surface area contributed by atoms with Gasteiger partial charge in [0.1, 0.15) is 6.04 Å². The Morgan fingerprint density at radius 2 is 1.35 bits per heavy atom. The van der Waals surface area contributed by atoms with Crippen LogP contribution in [0.15, 0.2) is 60.7 Å². The topological polar surface area (TPSA) is 163 Å². The Hall–Kier alpha value is -4.58. The molecule has 234 valence electrons. The van der Waals surface area contributed by atoms with Gasteiger partial charge in [0.25, 0.3) is 11.8 Å². The molecule has 0 saturated carbocycles. The predicted molar refractivity (Wildman–Crippen MR) is 162 cm³/mol. The van der Waals surface area contributed by atoms with Crippen molar-refractivity contribution in [2.45, 2.75) is 40.2 Å².